The summed E-state index contributed by atoms with van der Waals surface area (Å²) in [5, 5.41) is 3.90. The van der Waals surface area contributed by atoms with Gasteiger partial charge in [0.05, 0.1) is 0 Å². The van der Waals surface area contributed by atoms with E-state index < -0.39 is 6.43 Å². The lowest BCUT2D eigenvalue weighted by Crippen LogP contribution is -2.01. The minimum Gasteiger partial charge on any atom is -0.269 e. The van der Waals surface area contributed by atoms with E-state index in [9.17, 15) is 8.78 Å². The molecule has 2 nitrogen and oxygen atoms in total. The monoisotopic (exact) mass is 218 g/mol. The van der Waals surface area contributed by atoms with Gasteiger partial charge in [-0.25, -0.2) is 8.78 Å². The van der Waals surface area contributed by atoms with Crippen LogP contribution in [-0.2, 0) is 0 Å². The zero-order chi connectivity index (χ0) is 10.9. The minimum atomic E-state index is -2.48. The van der Waals surface area contributed by atoms with Crippen LogP contribution in [0.2, 0.25) is 0 Å². The van der Waals surface area contributed by atoms with Gasteiger partial charge in [0.2, 0.25) is 0 Å². The quantitative estimate of drug-likeness (QED) is 0.744. The third-order valence-electron chi connectivity index (χ3n) is 2.15. The molecule has 0 fully saturated rings. The topological polar surface area (TPSA) is 17.8 Å². The highest BCUT2D eigenvalue weighted by molar-refractivity contribution is 5.22. The van der Waals surface area contributed by atoms with Crippen LogP contribution in [0.15, 0.2) is 6.20 Å². The highest BCUT2D eigenvalue weighted by atomic mass is 19.3. The Morgan fingerprint density at radius 3 is 2.00 bits per heavy atom. The van der Waals surface area contributed by atoms with Gasteiger partial charge in [0, 0.05) is 17.8 Å². The molecule has 88 valence electrons. The normalized spacial score (nSPS) is 11.3. The molecule has 0 spiro atoms. The summed E-state index contributed by atoms with van der Waals surface area (Å²) in [6.45, 7) is 7.64. The Kier molecular flexibility index (Phi) is 4.91. The van der Waals surface area contributed by atoms with E-state index in [1.165, 1.54) is 0 Å². The largest absolute Gasteiger partial charge is 0.282 e. The van der Waals surface area contributed by atoms with Crippen molar-refractivity contribution in [3.05, 3.63) is 17.5 Å². The van der Waals surface area contributed by atoms with E-state index in [0.29, 0.717) is 5.56 Å². The second-order valence-corrected chi connectivity index (χ2v) is 4.00. The van der Waals surface area contributed by atoms with Crippen LogP contribution in [0.25, 0.3) is 0 Å². The average Bonchev–Trinajstić information content (AvgIpc) is 2.47. The predicted octanol–water partition coefficient (Wildman–Crippen LogP) is 4.16. The van der Waals surface area contributed by atoms with Crippen molar-refractivity contribution in [1.29, 1.82) is 0 Å². The Balaban J connectivity index is 0.00000196. The fourth-order valence-electron chi connectivity index (χ4n) is 1.30. The van der Waals surface area contributed by atoms with Gasteiger partial charge in [0.25, 0.3) is 6.43 Å². The molecule has 1 aromatic rings. The van der Waals surface area contributed by atoms with Gasteiger partial charge in [0.15, 0.2) is 0 Å². The van der Waals surface area contributed by atoms with Gasteiger partial charge in [0.1, 0.15) is 5.69 Å². The van der Waals surface area contributed by atoms with Gasteiger partial charge < -0.3 is 0 Å². The number of hydrogen-bond donors (Lipinski definition) is 0. The molecule has 1 rings (SSSR count). The Hall–Kier alpha value is -0.930. The van der Waals surface area contributed by atoms with Crippen molar-refractivity contribution in [3.8, 4) is 0 Å². The van der Waals surface area contributed by atoms with Crippen LogP contribution in [0.5, 0.6) is 0 Å². The van der Waals surface area contributed by atoms with Crippen molar-refractivity contribution >= 4 is 0 Å². The predicted molar refractivity (Wildman–Crippen MR) is 58.4 cm³/mol. The smallest absolute Gasteiger partial charge is 0.269 e. The van der Waals surface area contributed by atoms with Crippen molar-refractivity contribution < 1.29 is 8.78 Å². The summed E-state index contributed by atoms with van der Waals surface area (Å²) in [6, 6.07) is 0.125. The third kappa shape index (κ3) is 3.01. The number of alkyl halides is 2. The first-order valence-electron chi connectivity index (χ1n) is 4.80. The Labute approximate surface area is 90.3 Å². The van der Waals surface area contributed by atoms with Crippen molar-refractivity contribution in [3.63, 3.8) is 0 Å². The van der Waals surface area contributed by atoms with E-state index in [1.807, 2.05) is 27.7 Å². The third-order valence-corrected chi connectivity index (χ3v) is 2.15. The fraction of sp³-hybridized carbons (Fsp3) is 0.727. The molecule has 0 amide bonds. The molecule has 15 heavy (non-hydrogen) atoms. The van der Waals surface area contributed by atoms with Crippen molar-refractivity contribution in [2.45, 2.75) is 53.5 Å². The molecule has 0 aliphatic rings. The Morgan fingerprint density at radius 2 is 1.73 bits per heavy atom. The first-order chi connectivity index (χ1) is 6.43. The number of halogens is 2. The molecule has 1 aromatic heterocycles. The first-order valence-corrected chi connectivity index (χ1v) is 4.80. The minimum absolute atomic E-state index is 0. The van der Waals surface area contributed by atoms with Crippen LogP contribution in [0.3, 0.4) is 0 Å². The van der Waals surface area contributed by atoms with Crippen LogP contribution < -0.4 is 0 Å². The SMILES string of the molecule is C.CC(C)c1cn(C(C)C)nc1C(F)F. The van der Waals surface area contributed by atoms with Gasteiger partial charge in [-0.2, -0.15) is 5.10 Å². The summed E-state index contributed by atoms with van der Waals surface area (Å²) in [6.07, 6.45) is -0.760. The lowest BCUT2D eigenvalue weighted by molar-refractivity contribution is 0.143. The molecular weight excluding hydrogens is 198 g/mol. The molecule has 0 saturated heterocycles. The Bertz CT molecular complexity index is 278. The first kappa shape index (κ1) is 14.1. The molecule has 1 heterocycles. The van der Waals surface area contributed by atoms with Crippen LogP contribution in [-0.4, -0.2) is 9.78 Å². The second-order valence-electron chi connectivity index (χ2n) is 4.00. The molecule has 0 atom stereocenters. The van der Waals surface area contributed by atoms with E-state index in [1.54, 1.807) is 10.9 Å². The van der Waals surface area contributed by atoms with E-state index in [2.05, 4.69) is 5.10 Å². The van der Waals surface area contributed by atoms with Gasteiger partial charge >= 0.3 is 0 Å². The molecule has 0 aromatic carbocycles. The van der Waals surface area contributed by atoms with E-state index in [0.717, 1.165) is 0 Å². The molecule has 0 unspecified atom stereocenters. The molecule has 0 aliphatic carbocycles. The van der Waals surface area contributed by atoms with Gasteiger partial charge in [-0.1, -0.05) is 21.3 Å². The molecule has 0 N–H and O–H groups in total. The van der Waals surface area contributed by atoms with Gasteiger partial charge in [-0.3, -0.25) is 4.68 Å². The maximum absolute atomic E-state index is 12.6. The molecule has 0 bridgehead atoms. The molecule has 0 saturated carbocycles. The lowest BCUT2D eigenvalue weighted by Gasteiger charge is -2.03. The van der Waals surface area contributed by atoms with Gasteiger partial charge in [-0.05, 0) is 19.8 Å². The zero-order valence-electron chi connectivity index (χ0n) is 8.96. The summed E-state index contributed by atoms with van der Waals surface area (Å²) in [7, 11) is 0. The molecule has 0 radical (unpaired) electrons. The standard InChI is InChI=1S/C10H16F2N2.CH4/c1-6(2)8-5-14(7(3)4)13-9(8)10(11)12;/h5-7,10H,1-4H3;1H4. The average molecular weight is 218 g/mol. The summed E-state index contributed by atoms with van der Waals surface area (Å²) in [5.41, 5.74) is 0.572. The van der Waals surface area contributed by atoms with Crippen molar-refractivity contribution in [2.24, 2.45) is 0 Å². The number of aromatic nitrogens is 2. The van der Waals surface area contributed by atoms with Crippen LogP contribution in [0, 0.1) is 0 Å². The van der Waals surface area contributed by atoms with Crippen LogP contribution in [0.1, 0.15) is 64.8 Å². The Morgan fingerprint density at radius 1 is 1.20 bits per heavy atom. The maximum Gasteiger partial charge on any atom is 0.282 e. The zero-order valence-corrected chi connectivity index (χ0v) is 8.96. The summed E-state index contributed by atoms with van der Waals surface area (Å²) < 4.78 is 26.8. The summed E-state index contributed by atoms with van der Waals surface area (Å²) >= 11 is 0. The molecule has 4 heteroatoms. The number of hydrogen-bond acceptors (Lipinski definition) is 1. The highest BCUT2D eigenvalue weighted by Gasteiger charge is 2.20. The van der Waals surface area contributed by atoms with Crippen LogP contribution >= 0.6 is 0 Å². The van der Waals surface area contributed by atoms with Gasteiger partial charge in [-0.15, -0.1) is 0 Å². The summed E-state index contributed by atoms with van der Waals surface area (Å²) in [5.74, 6) is 0.0894. The second kappa shape index (κ2) is 5.24. The van der Waals surface area contributed by atoms with E-state index in [-0.39, 0.29) is 25.1 Å². The summed E-state index contributed by atoms with van der Waals surface area (Å²) in [4.78, 5) is 0. The fourth-order valence-corrected chi connectivity index (χ4v) is 1.30. The van der Waals surface area contributed by atoms with E-state index in [4.69, 9.17) is 0 Å². The van der Waals surface area contributed by atoms with Crippen molar-refractivity contribution in [2.75, 3.05) is 0 Å². The molecular formula is C11H20F2N2. The van der Waals surface area contributed by atoms with Crippen molar-refractivity contribution in [1.82, 2.24) is 9.78 Å². The van der Waals surface area contributed by atoms with E-state index >= 15 is 0 Å². The lowest BCUT2D eigenvalue weighted by atomic mass is 10.0. The number of rotatable bonds is 3. The number of nitrogens with zero attached hydrogens (tertiary/aromatic N) is 2. The highest BCUT2D eigenvalue weighted by Crippen LogP contribution is 2.27. The van der Waals surface area contributed by atoms with Crippen LogP contribution in [0.4, 0.5) is 8.78 Å². The molecule has 0 aliphatic heterocycles. The maximum atomic E-state index is 12.6.